The minimum Gasteiger partial charge on any atom is -0.673 e. The summed E-state index contributed by atoms with van der Waals surface area (Å²) in [6, 6.07) is -2.20. The SMILES string of the molecule is Nc1ncnc2c1ncn2[C@@H]1O[C@@H]2COP(O)(=S)N[C@@H]3C(O)[C@H](n4cnc5c(N)ncnc54)O[C@@H]3COP(=O)([S-])N[C@@H]2C1O. The van der Waals surface area contributed by atoms with Crippen LogP contribution in [0, 0.1) is 0 Å². The molecule has 10 atom stereocenters. The number of ether oxygens (including phenoxy) is 2. The van der Waals surface area contributed by atoms with Crippen LogP contribution in [0.5, 0.6) is 0 Å². The molecule has 24 heteroatoms. The molecule has 0 aromatic carbocycles. The molecule has 0 radical (unpaired) electrons. The summed E-state index contributed by atoms with van der Waals surface area (Å²) in [6.07, 6.45) is -1.85. The zero-order valence-electron chi connectivity index (χ0n) is 22.2. The largest absolute Gasteiger partial charge is 0.673 e. The second kappa shape index (κ2) is 11.1. The maximum absolute atomic E-state index is 13.5. The van der Waals surface area contributed by atoms with Crippen LogP contribution in [0.15, 0.2) is 25.3 Å². The number of hydrogen-bond acceptors (Lipinski definition) is 17. The van der Waals surface area contributed by atoms with Crippen LogP contribution in [0.4, 0.5) is 11.6 Å². The van der Waals surface area contributed by atoms with Crippen LogP contribution in [0.3, 0.4) is 0 Å². The number of imidazole rings is 2. The van der Waals surface area contributed by atoms with Gasteiger partial charge in [0.25, 0.3) is 6.64 Å². The van der Waals surface area contributed by atoms with Crippen molar-refractivity contribution in [2.45, 2.75) is 49.0 Å². The van der Waals surface area contributed by atoms with Gasteiger partial charge < -0.3 is 61.9 Å². The Morgan fingerprint density at radius 1 is 0.841 bits per heavy atom. The average molecular weight is 688 g/mol. The molecule has 7 heterocycles. The Morgan fingerprint density at radius 3 is 1.84 bits per heavy atom. The first kappa shape index (κ1) is 30.2. The smallest absolute Gasteiger partial charge is 0.259 e. The summed E-state index contributed by atoms with van der Waals surface area (Å²) in [4.78, 5) is 35.7. The number of fused-ring (bicyclic) bond motifs is 4. The van der Waals surface area contributed by atoms with Gasteiger partial charge in [-0.05, 0) is 11.8 Å². The van der Waals surface area contributed by atoms with Crippen molar-refractivity contribution in [3.8, 4) is 0 Å². The highest BCUT2D eigenvalue weighted by Gasteiger charge is 2.50. The van der Waals surface area contributed by atoms with Crippen molar-refractivity contribution in [2.24, 2.45) is 0 Å². The fourth-order valence-corrected chi connectivity index (χ4v) is 8.77. The number of nitrogens with one attached hydrogen (secondary N) is 2. The maximum Gasteiger partial charge on any atom is 0.259 e. The van der Waals surface area contributed by atoms with Crippen LogP contribution in [-0.4, -0.2) is 104 Å². The van der Waals surface area contributed by atoms with Gasteiger partial charge in [-0.3, -0.25) is 14.2 Å². The number of aliphatic hydroxyl groups excluding tert-OH is 2. The van der Waals surface area contributed by atoms with Crippen molar-refractivity contribution >= 4 is 71.4 Å². The average Bonchev–Trinajstić information content (AvgIpc) is 3.73. The highest BCUT2D eigenvalue weighted by atomic mass is 32.7. The van der Waals surface area contributed by atoms with Gasteiger partial charge in [0.15, 0.2) is 35.4 Å². The number of nitrogens with two attached hydrogens (primary N) is 2. The van der Waals surface area contributed by atoms with Crippen LogP contribution in [0.2, 0.25) is 0 Å². The predicted molar refractivity (Wildman–Crippen MR) is 157 cm³/mol. The molecule has 3 aliphatic heterocycles. The molecule has 0 bridgehead atoms. The number of nitrogens with zero attached hydrogens (tertiary/aromatic N) is 8. The van der Waals surface area contributed by atoms with Gasteiger partial charge in [0.05, 0.1) is 38.0 Å². The lowest BCUT2D eigenvalue weighted by Gasteiger charge is -2.35. The number of aromatic nitrogens is 8. The molecule has 20 nitrogen and oxygen atoms in total. The first-order valence-electron chi connectivity index (χ1n) is 12.9. The third-order valence-electron chi connectivity index (χ3n) is 7.51. The number of anilines is 2. The zero-order chi connectivity index (χ0) is 31.0. The van der Waals surface area contributed by atoms with E-state index in [1.54, 1.807) is 0 Å². The summed E-state index contributed by atoms with van der Waals surface area (Å²) >= 11 is 10.6. The second-order valence-electron chi connectivity index (χ2n) is 10.2. The van der Waals surface area contributed by atoms with Crippen molar-refractivity contribution in [3.05, 3.63) is 25.3 Å². The van der Waals surface area contributed by atoms with Crippen molar-refractivity contribution in [1.29, 1.82) is 0 Å². The molecule has 0 aliphatic carbocycles. The van der Waals surface area contributed by atoms with Gasteiger partial charge in [-0.25, -0.2) is 35.0 Å². The van der Waals surface area contributed by atoms with E-state index in [0.29, 0.717) is 0 Å². The lowest BCUT2D eigenvalue weighted by molar-refractivity contribution is -0.0467. The van der Waals surface area contributed by atoms with E-state index < -0.39 is 68.9 Å². The minimum atomic E-state index is -4.09. The molecular formula is C20H25N12O8P2S2-. The van der Waals surface area contributed by atoms with Gasteiger partial charge in [0.2, 0.25) is 0 Å². The molecule has 0 saturated carbocycles. The number of rotatable bonds is 2. The lowest BCUT2D eigenvalue weighted by Crippen LogP contribution is -2.47. The molecule has 3 saturated heterocycles. The van der Waals surface area contributed by atoms with Crippen LogP contribution < -0.4 is 21.6 Å². The van der Waals surface area contributed by atoms with E-state index in [9.17, 15) is 19.7 Å². The van der Waals surface area contributed by atoms with Gasteiger partial charge in [-0.1, -0.05) is 0 Å². The van der Waals surface area contributed by atoms with Crippen molar-refractivity contribution in [2.75, 3.05) is 24.7 Å². The molecule has 7 rings (SSSR count). The monoisotopic (exact) mass is 687 g/mol. The van der Waals surface area contributed by atoms with E-state index >= 15 is 0 Å². The maximum atomic E-state index is 13.5. The summed E-state index contributed by atoms with van der Waals surface area (Å²) in [5, 5.41) is 28.1. The van der Waals surface area contributed by atoms with Gasteiger partial charge >= 0.3 is 0 Å². The molecule has 4 aromatic heterocycles. The van der Waals surface area contributed by atoms with E-state index in [1.807, 2.05) is 0 Å². The molecule has 0 spiro atoms. The van der Waals surface area contributed by atoms with Crippen LogP contribution >= 0.6 is 13.4 Å². The Labute approximate surface area is 257 Å². The van der Waals surface area contributed by atoms with Crippen molar-refractivity contribution in [1.82, 2.24) is 49.2 Å². The third-order valence-corrected chi connectivity index (χ3v) is 11.0. The summed E-state index contributed by atoms with van der Waals surface area (Å²) in [6.45, 7) is -8.75. The number of hydrogen-bond donors (Lipinski definition) is 7. The first-order valence-corrected chi connectivity index (χ1v) is 18.2. The quantitative estimate of drug-likeness (QED) is 0.0902. The van der Waals surface area contributed by atoms with Gasteiger partial charge in [-0.2, -0.15) is 0 Å². The van der Waals surface area contributed by atoms with E-state index in [4.69, 9.17) is 54.0 Å². The zero-order valence-corrected chi connectivity index (χ0v) is 25.6. The van der Waals surface area contributed by atoms with E-state index in [0.717, 1.165) is 0 Å². The minimum absolute atomic E-state index is 0.125. The van der Waals surface area contributed by atoms with Gasteiger partial charge in [0, 0.05) is 0 Å². The fourth-order valence-electron chi connectivity index (χ4n) is 5.45. The molecule has 4 unspecified atom stereocenters. The fraction of sp³-hybridized carbons (Fsp3) is 0.500. The molecular weight excluding hydrogens is 662 g/mol. The van der Waals surface area contributed by atoms with E-state index in [-0.39, 0.29) is 40.6 Å². The second-order valence-corrected chi connectivity index (χ2v) is 16.2. The van der Waals surface area contributed by atoms with Crippen LogP contribution in [0.1, 0.15) is 12.5 Å². The van der Waals surface area contributed by atoms with Gasteiger partial charge in [-0.15, -0.1) is 0 Å². The summed E-state index contributed by atoms with van der Waals surface area (Å²) in [5.41, 5.74) is 12.9. The molecule has 236 valence electrons. The Bertz CT molecular complexity index is 1700. The number of nitrogen functional groups attached to an aromatic ring is 2. The molecule has 0 amide bonds. The van der Waals surface area contributed by atoms with Crippen LogP contribution in [-0.2, 0) is 47.1 Å². The normalized spacial score (nSPS) is 38.3. The summed E-state index contributed by atoms with van der Waals surface area (Å²) in [5.74, 6) is 0.253. The Hall–Kier alpha value is -2.43. The van der Waals surface area contributed by atoms with Crippen LogP contribution in [0.25, 0.3) is 22.3 Å². The highest BCUT2D eigenvalue weighted by molar-refractivity contribution is 8.33. The summed E-state index contributed by atoms with van der Waals surface area (Å²) in [7, 11) is 0. The molecule has 44 heavy (non-hydrogen) atoms. The molecule has 3 fully saturated rings. The predicted octanol–water partition coefficient (Wildman–Crippen LogP) is -1.82. The van der Waals surface area contributed by atoms with E-state index in [1.165, 1.54) is 34.4 Å². The van der Waals surface area contributed by atoms with Crippen molar-refractivity contribution < 1.29 is 38.2 Å². The summed E-state index contributed by atoms with van der Waals surface area (Å²) < 4.78 is 39.8. The van der Waals surface area contributed by atoms with E-state index in [2.05, 4.69) is 40.1 Å². The Balaban J connectivity index is 1.17. The Morgan fingerprint density at radius 2 is 1.32 bits per heavy atom. The number of aliphatic hydroxyl groups is 2. The molecule has 9 N–H and O–H groups in total. The van der Waals surface area contributed by atoms with Gasteiger partial charge in [0.1, 0.15) is 54.8 Å². The molecule has 4 aromatic rings. The Kier molecular flexibility index (Phi) is 7.64. The first-order chi connectivity index (χ1) is 20.9. The van der Waals surface area contributed by atoms with Crippen molar-refractivity contribution in [3.63, 3.8) is 0 Å². The third kappa shape index (κ3) is 5.28. The lowest BCUT2D eigenvalue weighted by atomic mass is 10.1. The standard InChI is InChI=1S/C20H26N12O8P2S2/c21-15-11-17(25-3-23-15)31(5-27-11)19-13(33)9-7(39-19)1-37-41(35,43)30-10-8(2-38-42(36,44)29-9)40-20(14(10)34)32-6-28-12-16(22)24-4-26-18(12)32/h3-10,13-14,19-20,33-34H,1-2H2,(H2,21,23,25)(H2,22,24,26)(H2,29,36,44)(H2,30,35,43)/p-1/t7-,8-,9+,10+,13?,14?,19-,20-,41?,42?/m1/s1. The topological polar surface area (TPSA) is 278 Å². The highest BCUT2D eigenvalue weighted by Crippen LogP contribution is 2.48. The molecule has 3 aliphatic rings.